The number of anilines is 1. The summed E-state index contributed by atoms with van der Waals surface area (Å²) in [6.45, 7) is 2.55. The molecule has 122 valence electrons. The normalized spacial score (nSPS) is 10.6. The lowest BCUT2D eigenvalue weighted by atomic mass is 10.1. The van der Waals surface area contributed by atoms with Crippen LogP contribution in [0.15, 0.2) is 71.6 Å². The molecule has 0 unspecified atom stereocenters. The number of likely N-dealkylation sites (N-methyl/N-ethyl adjacent to an activating group) is 1. The highest BCUT2D eigenvalue weighted by Crippen LogP contribution is 2.17. The number of hydrogen-bond acceptors (Lipinski definition) is 2. The second kappa shape index (κ2) is 7.45. The van der Waals surface area contributed by atoms with E-state index in [-0.39, 0.29) is 5.91 Å². The SMILES string of the molecule is CCN(C(=O)Cc1ccc(-n2cccc2)cc1)c1ccc(Br)cn1. The van der Waals surface area contributed by atoms with E-state index in [0.29, 0.717) is 18.8 Å². The van der Waals surface area contributed by atoms with E-state index >= 15 is 0 Å². The summed E-state index contributed by atoms with van der Waals surface area (Å²) in [6.07, 6.45) is 6.06. The fourth-order valence-corrected chi connectivity index (χ4v) is 2.79. The summed E-state index contributed by atoms with van der Waals surface area (Å²) in [5.74, 6) is 0.718. The Labute approximate surface area is 149 Å². The molecule has 5 heteroatoms. The van der Waals surface area contributed by atoms with Gasteiger partial charge in [-0.1, -0.05) is 12.1 Å². The summed E-state index contributed by atoms with van der Waals surface area (Å²) in [4.78, 5) is 18.6. The van der Waals surface area contributed by atoms with Crippen LogP contribution in [0.1, 0.15) is 12.5 Å². The number of amides is 1. The number of benzene rings is 1. The lowest BCUT2D eigenvalue weighted by Gasteiger charge is -2.20. The minimum Gasteiger partial charge on any atom is -0.324 e. The first-order valence-corrected chi connectivity index (χ1v) is 8.61. The number of pyridine rings is 1. The molecule has 0 bridgehead atoms. The van der Waals surface area contributed by atoms with Crippen molar-refractivity contribution in [1.82, 2.24) is 9.55 Å². The Balaban J connectivity index is 1.72. The average molecular weight is 384 g/mol. The highest BCUT2D eigenvalue weighted by atomic mass is 79.9. The Hall–Kier alpha value is -2.40. The third-order valence-electron chi connectivity index (χ3n) is 3.80. The molecule has 2 aromatic heterocycles. The molecule has 0 aliphatic carbocycles. The van der Waals surface area contributed by atoms with Crippen molar-refractivity contribution < 1.29 is 4.79 Å². The molecule has 0 atom stereocenters. The van der Waals surface area contributed by atoms with E-state index in [0.717, 1.165) is 15.7 Å². The van der Waals surface area contributed by atoms with Gasteiger partial charge in [0, 0.05) is 35.3 Å². The van der Waals surface area contributed by atoms with Gasteiger partial charge in [-0.25, -0.2) is 4.98 Å². The molecule has 0 saturated heterocycles. The predicted octanol–water partition coefficient (Wildman–Crippen LogP) is 4.23. The van der Waals surface area contributed by atoms with Crippen LogP contribution >= 0.6 is 15.9 Å². The molecule has 0 N–H and O–H groups in total. The zero-order chi connectivity index (χ0) is 16.9. The molecule has 3 rings (SSSR count). The van der Waals surface area contributed by atoms with E-state index in [1.807, 2.05) is 72.4 Å². The maximum atomic E-state index is 12.6. The number of nitrogens with zero attached hydrogens (tertiary/aromatic N) is 3. The van der Waals surface area contributed by atoms with Gasteiger partial charge in [-0.2, -0.15) is 0 Å². The lowest BCUT2D eigenvalue weighted by molar-refractivity contribution is -0.118. The van der Waals surface area contributed by atoms with Crippen molar-refractivity contribution in [2.75, 3.05) is 11.4 Å². The van der Waals surface area contributed by atoms with Crippen LogP contribution in [0.4, 0.5) is 5.82 Å². The summed E-state index contributed by atoms with van der Waals surface area (Å²) in [5.41, 5.74) is 2.07. The van der Waals surface area contributed by atoms with Crippen LogP contribution in [0, 0.1) is 0 Å². The highest BCUT2D eigenvalue weighted by molar-refractivity contribution is 9.10. The first-order chi connectivity index (χ1) is 11.7. The number of carbonyl (C=O) groups excluding carboxylic acids is 1. The van der Waals surface area contributed by atoms with Crippen molar-refractivity contribution in [3.63, 3.8) is 0 Å². The van der Waals surface area contributed by atoms with Crippen LogP contribution in [0.3, 0.4) is 0 Å². The van der Waals surface area contributed by atoms with Gasteiger partial charge in [0.2, 0.25) is 5.91 Å². The van der Waals surface area contributed by atoms with E-state index in [2.05, 4.69) is 20.9 Å². The van der Waals surface area contributed by atoms with Crippen LogP contribution in [0.2, 0.25) is 0 Å². The topological polar surface area (TPSA) is 38.1 Å². The van der Waals surface area contributed by atoms with Crippen molar-refractivity contribution in [2.24, 2.45) is 0 Å². The summed E-state index contributed by atoms with van der Waals surface area (Å²) in [5, 5.41) is 0. The average Bonchev–Trinajstić information content (AvgIpc) is 3.12. The smallest absolute Gasteiger partial charge is 0.232 e. The van der Waals surface area contributed by atoms with E-state index < -0.39 is 0 Å². The monoisotopic (exact) mass is 383 g/mol. The van der Waals surface area contributed by atoms with Crippen molar-refractivity contribution in [3.8, 4) is 5.69 Å². The Bertz CT molecular complexity index is 796. The number of aromatic nitrogens is 2. The molecule has 1 amide bonds. The molecule has 0 aliphatic rings. The number of halogens is 1. The minimum absolute atomic E-state index is 0.0426. The van der Waals surface area contributed by atoms with Crippen LogP contribution < -0.4 is 4.90 Å². The fourth-order valence-electron chi connectivity index (χ4n) is 2.56. The van der Waals surface area contributed by atoms with Crippen molar-refractivity contribution >= 4 is 27.7 Å². The molecule has 1 aromatic carbocycles. The van der Waals surface area contributed by atoms with Gasteiger partial charge < -0.3 is 4.57 Å². The number of rotatable bonds is 5. The quantitative estimate of drug-likeness (QED) is 0.660. The molecule has 0 saturated carbocycles. The van der Waals surface area contributed by atoms with Gasteiger partial charge in [-0.05, 0) is 64.8 Å². The predicted molar refractivity (Wildman–Crippen MR) is 99.4 cm³/mol. The highest BCUT2D eigenvalue weighted by Gasteiger charge is 2.15. The Kier molecular flexibility index (Phi) is 5.11. The molecule has 2 heterocycles. The second-order valence-electron chi connectivity index (χ2n) is 5.41. The van der Waals surface area contributed by atoms with Crippen LogP contribution in [0.25, 0.3) is 5.69 Å². The molecule has 0 fully saturated rings. The summed E-state index contributed by atoms with van der Waals surface area (Å²) in [7, 11) is 0. The van der Waals surface area contributed by atoms with Crippen LogP contribution in [-0.4, -0.2) is 22.0 Å². The van der Waals surface area contributed by atoms with E-state index in [4.69, 9.17) is 0 Å². The van der Waals surface area contributed by atoms with Crippen LogP contribution in [0.5, 0.6) is 0 Å². The standard InChI is InChI=1S/C19H18BrN3O/c1-2-23(18-10-7-16(20)14-21-18)19(24)13-15-5-8-17(9-6-15)22-11-3-4-12-22/h3-12,14H,2,13H2,1H3. The van der Waals surface area contributed by atoms with Gasteiger partial charge in [-0.3, -0.25) is 9.69 Å². The van der Waals surface area contributed by atoms with Crippen molar-refractivity contribution in [1.29, 1.82) is 0 Å². The molecule has 0 radical (unpaired) electrons. The first-order valence-electron chi connectivity index (χ1n) is 7.81. The van der Waals surface area contributed by atoms with Gasteiger partial charge in [0.25, 0.3) is 0 Å². The molecule has 0 spiro atoms. The Morgan fingerprint density at radius 2 is 1.83 bits per heavy atom. The molecule has 3 aromatic rings. The maximum Gasteiger partial charge on any atom is 0.232 e. The summed E-state index contributed by atoms with van der Waals surface area (Å²) in [6, 6.07) is 15.8. The summed E-state index contributed by atoms with van der Waals surface area (Å²) < 4.78 is 2.94. The fraction of sp³-hybridized carbons (Fsp3) is 0.158. The Morgan fingerprint density at radius 3 is 2.42 bits per heavy atom. The van der Waals surface area contributed by atoms with E-state index in [9.17, 15) is 4.79 Å². The molecular formula is C19H18BrN3O. The molecule has 24 heavy (non-hydrogen) atoms. The Morgan fingerprint density at radius 1 is 1.12 bits per heavy atom. The largest absolute Gasteiger partial charge is 0.324 e. The van der Waals surface area contributed by atoms with Gasteiger partial charge in [-0.15, -0.1) is 0 Å². The lowest BCUT2D eigenvalue weighted by Crippen LogP contribution is -2.32. The van der Waals surface area contributed by atoms with Gasteiger partial charge >= 0.3 is 0 Å². The molecule has 0 aliphatic heterocycles. The summed E-state index contributed by atoms with van der Waals surface area (Å²) >= 11 is 3.36. The zero-order valence-corrected chi connectivity index (χ0v) is 15.0. The minimum atomic E-state index is 0.0426. The maximum absolute atomic E-state index is 12.6. The van der Waals surface area contributed by atoms with E-state index in [1.165, 1.54) is 0 Å². The first kappa shape index (κ1) is 16.5. The van der Waals surface area contributed by atoms with Crippen molar-refractivity contribution in [2.45, 2.75) is 13.3 Å². The zero-order valence-electron chi connectivity index (χ0n) is 13.4. The van der Waals surface area contributed by atoms with Gasteiger partial charge in [0.05, 0.1) is 6.42 Å². The van der Waals surface area contributed by atoms with Crippen LogP contribution in [-0.2, 0) is 11.2 Å². The third-order valence-corrected chi connectivity index (χ3v) is 4.27. The molecule has 4 nitrogen and oxygen atoms in total. The second-order valence-corrected chi connectivity index (χ2v) is 6.32. The molecular weight excluding hydrogens is 366 g/mol. The van der Waals surface area contributed by atoms with Gasteiger partial charge in [0.15, 0.2) is 0 Å². The number of carbonyl (C=O) groups is 1. The van der Waals surface area contributed by atoms with Crippen molar-refractivity contribution in [3.05, 3.63) is 77.2 Å². The third kappa shape index (κ3) is 3.74. The number of hydrogen-bond donors (Lipinski definition) is 0. The van der Waals surface area contributed by atoms with E-state index in [1.54, 1.807) is 11.1 Å². The van der Waals surface area contributed by atoms with Gasteiger partial charge in [0.1, 0.15) is 5.82 Å².